The minimum atomic E-state index is -5.15. The van der Waals surface area contributed by atoms with Gasteiger partial charge in [-0.15, -0.1) is 0 Å². The van der Waals surface area contributed by atoms with E-state index in [0.717, 1.165) is 24.4 Å². The first-order valence-corrected chi connectivity index (χ1v) is 8.36. The highest BCUT2D eigenvalue weighted by Crippen LogP contribution is 2.49. The van der Waals surface area contributed by atoms with Crippen molar-refractivity contribution in [2.75, 3.05) is 5.32 Å². The van der Waals surface area contributed by atoms with Crippen molar-refractivity contribution in [3.8, 4) is 0 Å². The lowest BCUT2D eigenvalue weighted by Gasteiger charge is -2.36. The lowest BCUT2D eigenvalue weighted by Crippen LogP contribution is -2.57. The van der Waals surface area contributed by atoms with Crippen LogP contribution in [0.25, 0.3) is 0 Å². The zero-order valence-electron chi connectivity index (χ0n) is 14.9. The van der Waals surface area contributed by atoms with E-state index in [1.54, 1.807) is 0 Å². The Kier molecular flexibility index (Phi) is 4.91. The predicted molar refractivity (Wildman–Crippen MR) is 92.2 cm³/mol. The van der Waals surface area contributed by atoms with Gasteiger partial charge in [0.1, 0.15) is 17.3 Å². The molecule has 160 valence electrons. The molecule has 0 bridgehead atoms. The highest BCUT2D eigenvalue weighted by molar-refractivity contribution is 5.95. The molecule has 1 aromatic heterocycles. The first-order valence-electron chi connectivity index (χ1n) is 8.36. The molecule has 2 aromatic rings. The molecule has 0 fully saturated rings. The highest BCUT2D eigenvalue weighted by atomic mass is 19.4. The van der Waals surface area contributed by atoms with E-state index in [9.17, 15) is 35.9 Å². The maximum absolute atomic E-state index is 14.1. The third-order valence-electron chi connectivity index (χ3n) is 4.87. The summed E-state index contributed by atoms with van der Waals surface area (Å²) in [6.07, 6.45) is -9.71. The summed E-state index contributed by atoms with van der Waals surface area (Å²) in [4.78, 5) is 27.4. The summed E-state index contributed by atoms with van der Waals surface area (Å²) in [5.74, 6) is -5.22. The number of anilines is 1. The van der Waals surface area contributed by atoms with Crippen molar-refractivity contribution in [3.63, 3.8) is 0 Å². The zero-order chi connectivity index (χ0) is 22.5. The number of carbonyl (C=O) groups excluding carboxylic acids is 2. The molecule has 1 aliphatic rings. The molecule has 5 N–H and O–H groups in total. The Balaban J connectivity index is 2.17. The van der Waals surface area contributed by atoms with Crippen LogP contribution in [0.2, 0.25) is 0 Å². The first kappa shape index (κ1) is 21.4. The number of fused-ring (bicyclic) bond motifs is 1. The number of nitrogens with two attached hydrogens (primary N) is 2. The second-order valence-corrected chi connectivity index (χ2v) is 6.83. The van der Waals surface area contributed by atoms with Gasteiger partial charge in [0, 0.05) is 12.6 Å². The second kappa shape index (κ2) is 6.89. The van der Waals surface area contributed by atoms with Gasteiger partial charge < -0.3 is 16.8 Å². The van der Waals surface area contributed by atoms with Gasteiger partial charge in [0.15, 0.2) is 0 Å². The number of nitrogens with one attached hydrogen (secondary N) is 1. The van der Waals surface area contributed by atoms with Crippen molar-refractivity contribution in [1.29, 1.82) is 0 Å². The minimum Gasteiger partial charge on any atom is -0.368 e. The van der Waals surface area contributed by atoms with E-state index in [1.165, 1.54) is 0 Å². The summed E-state index contributed by atoms with van der Waals surface area (Å²) < 4.78 is 81.5. The van der Waals surface area contributed by atoms with Crippen LogP contribution in [0.1, 0.15) is 33.0 Å². The number of alkyl halides is 6. The lowest BCUT2D eigenvalue weighted by atomic mass is 9.75. The Morgan fingerprint density at radius 2 is 1.77 bits per heavy atom. The number of benzene rings is 1. The molecule has 2 heterocycles. The topological polar surface area (TPSA) is 111 Å². The maximum Gasteiger partial charge on any atom is 0.416 e. The average molecular weight is 432 g/mol. The number of amides is 2. The lowest BCUT2D eigenvalue weighted by molar-refractivity contribution is -0.168. The van der Waals surface area contributed by atoms with Crippen molar-refractivity contribution in [3.05, 3.63) is 58.8 Å². The molecule has 0 saturated heterocycles. The Bertz CT molecular complexity index is 1020. The van der Waals surface area contributed by atoms with Crippen LogP contribution < -0.4 is 16.8 Å². The van der Waals surface area contributed by atoms with Gasteiger partial charge in [0.05, 0.1) is 11.1 Å². The molecule has 30 heavy (non-hydrogen) atoms. The summed E-state index contributed by atoms with van der Waals surface area (Å²) in [6, 6.07) is 3.76. The zero-order valence-corrected chi connectivity index (χ0v) is 14.9. The third kappa shape index (κ3) is 3.64. The van der Waals surface area contributed by atoms with Crippen LogP contribution in [0.4, 0.5) is 32.2 Å². The molecule has 0 saturated carbocycles. The van der Waals surface area contributed by atoms with E-state index >= 15 is 0 Å². The number of carbonyl (C=O) groups is 2. The number of pyridine rings is 1. The monoisotopic (exact) mass is 432 g/mol. The van der Waals surface area contributed by atoms with Crippen LogP contribution in [0, 0.1) is 0 Å². The van der Waals surface area contributed by atoms with E-state index < -0.39 is 53.2 Å². The van der Waals surface area contributed by atoms with Gasteiger partial charge in [-0.05, 0) is 23.3 Å². The van der Waals surface area contributed by atoms with Gasteiger partial charge in [-0.1, -0.05) is 18.2 Å². The average Bonchev–Trinajstić information content (AvgIpc) is 2.99. The number of aromatic nitrogens is 1. The molecular formula is C18H14F6N4O2. The van der Waals surface area contributed by atoms with E-state index in [1.807, 2.05) is 0 Å². The number of rotatable bonds is 4. The predicted octanol–water partition coefficient (Wildman–Crippen LogP) is 2.74. The largest absolute Gasteiger partial charge is 0.416 e. The van der Waals surface area contributed by atoms with Gasteiger partial charge in [-0.2, -0.15) is 26.3 Å². The summed E-state index contributed by atoms with van der Waals surface area (Å²) in [6.45, 7) is 0. The number of hydrogen-bond donors (Lipinski definition) is 3. The number of primary amides is 2. The van der Waals surface area contributed by atoms with Gasteiger partial charge >= 0.3 is 12.4 Å². The van der Waals surface area contributed by atoms with Gasteiger partial charge in [-0.25, -0.2) is 4.98 Å². The van der Waals surface area contributed by atoms with Crippen molar-refractivity contribution >= 4 is 17.6 Å². The van der Waals surface area contributed by atoms with Crippen molar-refractivity contribution in [2.24, 2.45) is 11.5 Å². The molecule has 12 heteroatoms. The first-order chi connectivity index (χ1) is 13.8. The van der Waals surface area contributed by atoms with Crippen LogP contribution in [-0.4, -0.2) is 28.5 Å². The summed E-state index contributed by atoms with van der Waals surface area (Å²) >= 11 is 0. The summed E-state index contributed by atoms with van der Waals surface area (Å²) in [5, 5.41) is 2.34. The van der Waals surface area contributed by atoms with Crippen LogP contribution in [0.5, 0.6) is 0 Å². The van der Waals surface area contributed by atoms with E-state index in [4.69, 9.17) is 11.5 Å². The van der Waals surface area contributed by atoms with E-state index in [2.05, 4.69) is 10.3 Å². The SMILES string of the molecule is NC(=O)c1cnc2c(c1)CC(C(N)=O)(C(c1cccc(C(F)(F)F)c1)C(F)(F)F)N2. The highest BCUT2D eigenvalue weighted by Gasteiger charge is 2.60. The van der Waals surface area contributed by atoms with Gasteiger partial charge in [0.2, 0.25) is 11.8 Å². The third-order valence-corrected chi connectivity index (χ3v) is 4.87. The number of nitrogens with zero attached hydrogens (tertiary/aromatic N) is 1. The quantitative estimate of drug-likeness (QED) is 0.645. The van der Waals surface area contributed by atoms with Gasteiger partial charge in [-0.3, -0.25) is 9.59 Å². The molecule has 0 spiro atoms. The normalized spacial score (nSPS) is 19.7. The molecule has 1 aliphatic heterocycles. The van der Waals surface area contributed by atoms with Crippen molar-refractivity contribution in [2.45, 2.75) is 30.2 Å². The van der Waals surface area contributed by atoms with Crippen LogP contribution in [-0.2, 0) is 17.4 Å². The van der Waals surface area contributed by atoms with Crippen LogP contribution in [0.15, 0.2) is 36.5 Å². The Hall–Kier alpha value is -3.31. The minimum absolute atomic E-state index is 0.0475. The molecule has 0 aliphatic carbocycles. The summed E-state index contributed by atoms with van der Waals surface area (Å²) in [7, 11) is 0. The Morgan fingerprint density at radius 1 is 1.10 bits per heavy atom. The molecule has 1 aromatic carbocycles. The summed E-state index contributed by atoms with van der Waals surface area (Å²) in [5.41, 5.74) is 5.73. The van der Waals surface area contributed by atoms with Crippen molar-refractivity contribution in [1.82, 2.24) is 4.98 Å². The fraction of sp³-hybridized carbons (Fsp3) is 0.278. The fourth-order valence-electron chi connectivity index (χ4n) is 3.56. The number of hydrogen-bond acceptors (Lipinski definition) is 4. The Morgan fingerprint density at radius 3 is 2.30 bits per heavy atom. The smallest absolute Gasteiger partial charge is 0.368 e. The molecule has 6 nitrogen and oxygen atoms in total. The fourth-order valence-corrected chi connectivity index (χ4v) is 3.56. The van der Waals surface area contributed by atoms with Crippen LogP contribution in [0.3, 0.4) is 0 Å². The standard InChI is InChI=1S/C18H14F6N4O2/c19-17(20,21)11-3-1-2-8(5-11)12(18(22,23)24)16(15(26)30)6-9-4-10(13(25)29)7-27-14(9)28-16/h1-5,7,12H,6H2,(H2,25,29)(H2,26,30)(H,27,28). The maximum atomic E-state index is 14.1. The van der Waals surface area contributed by atoms with Crippen molar-refractivity contribution < 1.29 is 35.9 Å². The molecule has 3 rings (SSSR count). The molecule has 2 unspecified atom stereocenters. The van der Waals surface area contributed by atoms with Gasteiger partial charge in [0.25, 0.3) is 0 Å². The van der Waals surface area contributed by atoms with E-state index in [0.29, 0.717) is 12.1 Å². The molecule has 0 radical (unpaired) electrons. The molecule has 2 amide bonds. The number of halogens is 6. The van der Waals surface area contributed by atoms with Crippen LogP contribution >= 0.6 is 0 Å². The van der Waals surface area contributed by atoms with E-state index in [-0.39, 0.29) is 16.9 Å². The molecule has 2 atom stereocenters. The second-order valence-electron chi connectivity index (χ2n) is 6.83. The Labute approximate surface area is 165 Å². The molecular weight excluding hydrogens is 418 g/mol.